The van der Waals surface area contributed by atoms with E-state index in [0.717, 1.165) is 11.7 Å². The van der Waals surface area contributed by atoms with Crippen molar-refractivity contribution < 1.29 is 4.79 Å². The summed E-state index contributed by atoms with van der Waals surface area (Å²) >= 11 is 12.0. The summed E-state index contributed by atoms with van der Waals surface area (Å²) in [7, 11) is 0.247. The molecule has 1 rings (SSSR count). The fourth-order valence-electron chi connectivity index (χ4n) is 1.11. The number of benzene rings is 1. The van der Waals surface area contributed by atoms with Gasteiger partial charge in [-0.1, -0.05) is 36.2 Å². The number of rotatable bonds is 3. The molecule has 0 spiro atoms. The summed E-state index contributed by atoms with van der Waals surface area (Å²) in [5, 5.41) is 0.940. The van der Waals surface area contributed by atoms with Gasteiger partial charge in [0.05, 0.1) is 15.6 Å². The molecule has 0 aliphatic carbocycles. The molecule has 1 aromatic rings. The van der Waals surface area contributed by atoms with Gasteiger partial charge in [-0.3, -0.25) is 4.79 Å². The molecular formula is C10H11Cl2LiOP. The number of carbonyl (C=O) groups is 1. The first kappa shape index (κ1) is 15.5. The predicted octanol–water partition coefficient (Wildman–Crippen LogP) is 3.76. The monoisotopic (exact) mass is 255 g/mol. The topological polar surface area (TPSA) is 17.1 Å². The van der Waals surface area contributed by atoms with Crippen LogP contribution in [-0.2, 0) is 0 Å². The zero-order valence-corrected chi connectivity index (χ0v) is 11.5. The maximum Gasteiger partial charge on any atom is 0.184 e. The van der Waals surface area contributed by atoms with Crippen LogP contribution in [0.3, 0.4) is 0 Å². The molecule has 1 radical (unpaired) electrons. The number of carbonyl (C=O) groups excluding carboxylic acids is 1. The molecule has 0 bridgehead atoms. The summed E-state index contributed by atoms with van der Waals surface area (Å²) in [4.78, 5) is 11.7. The molecule has 0 saturated carbocycles. The van der Waals surface area contributed by atoms with E-state index in [1.54, 1.807) is 6.07 Å². The van der Waals surface area contributed by atoms with Crippen molar-refractivity contribution in [1.82, 2.24) is 0 Å². The normalized spacial score (nSPS) is 10.4. The van der Waals surface area contributed by atoms with E-state index in [-0.39, 0.29) is 33.0 Å². The quantitative estimate of drug-likeness (QED) is 0.594. The minimum absolute atomic E-state index is 0. The molecule has 5 heteroatoms. The average molecular weight is 256 g/mol. The standard InChI is InChI=1S/C10H11Cl2OP.Li/c1-3-14-10(13)8-7(11)5-4-6(2)9(8)12;/h4-5,14H,3H2,1-2H3;. The van der Waals surface area contributed by atoms with E-state index in [1.807, 2.05) is 19.9 Å². The maximum atomic E-state index is 11.7. The van der Waals surface area contributed by atoms with E-state index in [9.17, 15) is 4.79 Å². The van der Waals surface area contributed by atoms with Crippen molar-refractivity contribution in [2.24, 2.45) is 0 Å². The second-order valence-corrected chi connectivity index (χ2v) is 5.21. The first-order valence-corrected chi connectivity index (χ1v) is 6.27. The average Bonchev–Trinajstić information content (AvgIpc) is 2.13. The Balaban J connectivity index is 0.00000196. The van der Waals surface area contributed by atoms with E-state index in [0.29, 0.717) is 15.6 Å². The molecule has 0 aromatic heterocycles. The molecule has 0 amide bonds. The Morgan fingerprint density at radius 1 is 1.40 bits per heavy atom. The van der Waals surface area contributed by atoms with Crippen LogP contribution >= 0.6 is 31.8 Å². The fraction of sp³-hybridized carbons (Fsp3) is 0.300. The van der Waals surface area contributed by atoms with E-state index < -0.39 is 0 Å². The van der Waals surface area contributed by atoms with Gasteiger partial charge in [-0.2, -0.15) is 0 Å². The zero-order chi connectivity index (χ0) is 10.7. The van der Waals surface area contributed by atoms with Crippen LogP contribution in [0, 0.1) is 6.92 Å². The van der Waals surface area contributed by atoms with Gasteiger partial charge in [0.25, 0.3) is 0 Å². The van der Waals surface area contributed by atoms with Crippen molar-refractivity contribution in [2.75, 3.05) is 6.16 Å². The van der Waals surface area contributed by atoms with Gasteiger partial charge >= 0.3 is 0 Å². The second-order valence-electron chi connectivity index (χ2n) is 2.91. The molecule has 1 nitrogen and oxygen atoms in total. The van der Waals surface area contributed by atoms with Gasteiger partial charge in [0.15, 0.2) is 5.52 Å². The smallest absolute Gasteiger partial charge is 0.184 e. The van der Waals surface area contributed by atoms with Crippen LogP contribution in [0.25, 0.3) is 0 Å². The number of hydrogen-bond acceptors (Lipinski definition) is 1. The summed E-state index contributed by atoms with van der Waals surface area (Å²) in [5.41, 5.74) is 1.42. The molecule has 77 valence electrons. The summed E-state index contributed by atoms with van der Waals surface area (Å²) < 4.78 is 0. The Labute approximate surface area is 114 Å². The Kier molecular flexibility index (Phi) is 7.18. The van der Waals surface area contributed by atoms with Gasteiger partial charge in [-0.05, 0) is 33.3 Å². The summed E-state index contributed by atoms with van der Waals surface area (Å²) in [6, 6.07) is 3.53. The van der Waals surface area contributed by atoms with Crippen LogP contribution in [-0.4, -0.2) is 30.5 Å². The molecular weight excluding hydrogens is 245 g/mol. The third kappa shape index (κ3) is 3.77. The minimum atomic E-state index is 0. The van der Waals surface area contributed by atoms with E-state index >= 15 is 0 Å². The molecule has 0 fully saturated rings. The van der Waals surface area contributed by atoms with Crippen molar-refractivity contribution >= 4 is 56.2 Å². The van der Waals surface area contributed by atoms with E-state index in [4.69, 9.17) is 23.2 Å². The predicted molar refractivity (Wildman–Crippen MR) is 70.1 cm³/mol. The summed E-state index contributed by atoms with van der Waals surface area (Å²) in [5.74, 6) is 0. The van der Waals surface area contributed by atoms with Crippen LogP contribution < -0.4 is 0 Å². The van der Waals surface area contributed by atoms with Gasteiger partial charge < -0.3 is 0 Å². The van der Waals surface area contributed by atoms with E-state index in [2.05, 4.69) is 0 Å². The van der Waals surface area contributed by atoms with Gasteiger partial charge in [0, 0.05) is 18.9 Å². The first-order chi connectivity index (χ1) is 6.57. The Bertz CT molecular complexity index is 369. The van der Waals surface area contributed by atoms with Crippen LogP contribution in [0.15, 0.2) is 12.1 Å². The van der Waals surface area contributed by atoms with Crippen LogP contribution in [0.4, 0.5) is 0 Å². The first-order valence-electron chi connectivity index (χ1n) is 4.30. The third-order valence-corrected chi connectivity index (χ3v) is 3.58. The molecule has 0 N–H and O–H groups in total. The summed E-state index contributed by atoms with van der Waals surface area (Å²) in [6.07, 6.45) is 0.833. The molecule has 0 aliphatic rings. The van der Waals surface area contributed by atoms with Crippen molar-refractivity contribution in [2.45, 2.75) is 13.8 Å². The van der Waals surface area contributed by atoms with Crippen LogP contribution in [0.1, 0.15) is 22.8 Å². The Morgan fingerprint density at radius 3 is 2.53 bits per heavy atom. The second kappa shape index (κ2) is 6.95. The van der Waals surface area contributed by atoms with Crippen molar-refractivity contribution in [3.05, 3.63) is 33.3 Å². The largest absolute Gasteiger partial charge is 0.289 e. The number of halogens is 2. The van der Waals surface area contributed by atoms with Crippen molar-refractivity contribution in [1.29, 1.82) is 0 Å². The number of hydrogen-bond donors (Lipinski definition) is 0. The van der Waals surface area contributed by atoms with Gasteiger partial charge in [0.2, 0.25) is 0 Å². The van der Waals surface area contributed by atoms with Gasteiger partial charge in [-0.15, -0.1) is 0 Å². The zero-order valence-electron chi connectivity index (χ0n) is 9.03. The number of aryl methyl sites for hydroxylation is 1. The van der Waals surface area contributed by atoms with E-state index in [1.165, 1.54) is 0 Å². The maximum absolute atomic E-state index is 11.7. The van der Waals surface area contributed by atoms with Gasteiger partial charge in [0.1, 0.15) is 0 Å². The Morgan fingerprint density at radius 2 is 2.00 bits per heavy atom. The van der Waals surface area contributed by atoms with Crippen molar-refractivity contribution in [3.63, 3.8) is 0 Å². The fourth-order valence-corrected chi connectivity index (χ4v) is 2.57. The molecule has 1 atom stereocenters. The Hall–Kier alpha value is 0.497. The summed E-state index contributed by atoms with van der Waals surface area (Å²) in [6.45, 7) is 3.83. The minimum Gasteiger partial charge on any atom is -0.289 e. The molecule has 1 aromatic carbocycles. The molecule has 0 aliphatic heterocycles. The molecule has 0 heterocycles. The van der Waals surface area contributed by atoms with Gasteiger partial charge in [-0.25, -0.2) is 0 Å². The van der Waals surface area contributed by atoms with Crippen LogP contribution in [0.2, 0.25) is 10.0 Å². The van der Waals surface area contributed by atoms with Crippen molar-refractivity contribution in [3.8, 4) is 0 Å². The molecule has 0 saturated heterocycles. The SMILES string of the molecule is CCPC(=O)c1c(Cl)ccc(C)c1Cl.[Li]. The molecule has 1 unspecified atom stereocenters. The third-order valence-electron chi connectivity index (χ3n) is 1.85. The van der Waals surface area contributed by atoms with Crippen LogP contribution in [0.5, 0.6) is 0 Å². The molecule has 15 heavy (non-hydrogen) atoms.